The number of pyridine rings is 1. The van der Waals surface area contributed by atoms with Crippen molar-refractivity contribution in [2.45, 2.75) is 11.3 Å². The van der Waals surface area contributed by atoms with Crippen LogP contribution < -0.4 is 10.5 Å². The Morgan fingerprint density at radius 1 is 1.40 bits per heavy atom. The lowest BCUT2D eigenvalue weighted by atomic mass is 10.3. The highest BCUT2D eigenvalue weighted by Crippen LogP contribution is 2.07. The van der Waals surface area contributed by atoms with Gasteiger partial charge in [0.05, 0.1) is 5.69 Å². The molecule has 8 nitrogen and oxygen atoms in total. The summed E-state index contributed by atoms with van der Waals surface area (Å²) in [5.41, 5.74) is 5.77. The number of nitrogens with zero attached hydrogens (tertiary/aromatic N) is 3. The van der Waals surface area contributed by atoms with Gasteiger partial charge < -0.3 is 5.73 Å². The Bertz CT molecular complexity index is 681. The minimum absolute atomic E-state index is 0.0510. The summed E-state index contributed by atoms with van der Waals surface area (Å²) in [6, 6.07) is 2.87. The van der Waals surface area contributed by atoms with Crippen LogP contribution in [0.25, 0.3) is 0 Å². The number of nitrogens with two attached hydrogens (primary N) is 1. The van der Waals surface area contributed by atoms with E-state index in [1.165, 1.54) is 24.7 Å². The third kappa shape index (κ3) is 3.56. The first kappa shape index (κ1) is 14.5. The van der Waals surface area contributed by atoms with Crippen molar-refractivity contribution in [1.29, 1.82) is 0 Å². The van der Waals surface area contributed by atoms with Crippen molar-refractivity contribution in [1.82, 2.24) is 24.9 Å². The molecule has 0 saturated heterocycles. The SMILES string of the molecule is NC(=S)c1ccc(S(=O)(=O)NCCc2ncn[nH]2)cn1. The molecular weight excluding hydrogens is 300 g/mol. The maximum atomic E-state index is 12.0. The molecule has 2 heterocycles. The second-order valence-corrected chi connectivity index (χ2v) is 6.03. The summed E-state index contributed by atoms with van der Waals surface area (Å²) in [5.74, 6) is 0.606. The highest BCUT2D eigenvalue weighted by molar-refractivity contribution is 7.89. The van der Waals surface area contributed by atoms with Gasteiger partial charge in [-0.05, 0) is 12.1 Å². The Morgan fingerprint density at radius 3 is 2.75 bits per heavy atom. The monoisotopic (exact) mass is 312 g/mol. The van der Waals surface area contributed by atoms with Gasteiger partial charge >= 0.3 is 0 Å². The molecule has 0 aliphatic carbocycles. The van der Waals surface area contributed by atoms with Gasteiger partial charge in [0.15, 0.2) is 0 Å². The van der Waals surface area contributed by atoms with Crippen molar-refractivity contribution in [3.63, 3.8) is 0 Å². The van der Waals surface area contributed by atoms with E-state index in [-0.39, 0.29) is 16.4 Å². The molecule has 20 heavy (non-hydrogen) atoms. The lowest BCUT2D eigenvalue weighted by molar-refractivity contribution is 0.580. The third-order valence-electron chi connectivity index (χ3n) is 2.42. The van der Waals surface area contributed by atoms with Crippen LogP contribution in [0.15, 0.2) is 29.6 Å². The fourth-order valence-corrected chi connectivity index (χ4v) is 2.52. The van der Waals surface area contributed by atoms with Gasteiger partial charge in [0, 0.05) is 19.2 Å². The van der Waals surface area contributed by atoms with Crippen LogP contribution in [0.1, 0.15) is 11.5 Å². The Morgan fingerprint density at radius 2 is 2.20 bits per heavy atom. The number of aromatic amines is 1. The van der Waals surface area contributed by atoms with Crippen LogP contribution >= 0.6 is 12.2 Å². The molecule has 106 valence electrons. The number of sulfonamides is 1. The Balaban J connectivity index is 2.00. The number of aromatic nitrogens is 4. The first-order chi connectivity index (χ1) is 9.49. The molecule has 0 bridgehead atoms. The van der Waals surface area contributed by atoms with Crippen LogP contribution in [0.3, 0.4) is 0 Å². The van der Waals surface area contributed by atoms with Gasteiger partial charge in [0.1, 0.15) is 22.0 Å². The van der Waals surface area contributed by atoms with E-state index in [2.05, 4.69) is 24.9 Å². The van der Waals surface area contributed by atoms with E-state index in [9.17, 15) is 8.42 Å². The minimum Gasteiger partial charge on any atom is -0.388 e. The summed E-state index contributed by atoms with van der Waals surface area (Å²) in [6.07, 6.45) is 2.99. The van der Waals surface area contributed by atoms with Gasteiger partial charge in [-0.15, -0.1) is 0 Å². The summed E-state index contributed by atoms with van der Waals surface area (Å²) in [5, 5.41) is 6.32. The average molecular weight is 312 g/mol. The van der Waals surface area contributed by atoms with E-state index >= 15 is 0 Å². The molecule has 0 radical (unpaired) electrons. The van der Waals surface area contributed by atoms with E-state index in [4.69, 9.17) is 18.0 Å². The van der Waals surface area contributed by atoms with Gasteiger partial charge in [-0.25, -0.2) is 18.1 Å². The van der Waals surface area contributed by atoms with Gasteiger partial charge in [0.2, 0.25) is 10.0 Å². The van der Waals surface area contributed by atoms with Gasteiger partial charge in [-0.3, -0.25) is 10.1 Å². The molecule has 0 aliphatic heterocycles. The van der Waals surface area contributed by atoms with Crippen LogP contribution in [-0.4, -0.2) is 40.1 Å². The van der Waals surface area contributed by atoms with Gasteiger partial charge in [-0.2, -0.15) is 5.10 Å². The first-order valence-electron chi connectivity index (χ1n) is 5.59. The van der Waals surface area contributed by atoms with Crippen LogP contribution in [0.4, 0.5) is 0 Å². The number of thiocarbonyl (C=S) groups is 1. The molecule has 4 N–H and O–H groups in total. The number of hydrogen-bond donors (Lipinski definition) is 3. The van der Waals surface area contributed by atoms with Crippen molar-refractivity contribution in [2.24, 2.45) is 5.73 Å². The van der Waals surface area contributed by atoms with Crippen LogP contribution in [0.5, 0.6) is 0 Å². The molecule has 10 heteroatoms. The predicted octanol–water partition coefficient (Wildman–Crippen LogP) is -0.645. The van der Waals surface area contributed by atoms with E-state index < -0.39 is 10.0 Å². The highest BCUT2D eigenvalue weighted by atomic mass is 32.2. The lowest BCUT2D eigenvalue weighted by Gasteiger charge is -2.06. The minimum atomic E-state index is -3.61. The summed E-state index contributed by atoms with van der Waals surface area (Å²) >= 11 is 4.75. The third-order valence-corrected chi connectivity index (χ3v) is 4.07. The van der Waals surface area contributed by atoms with E-state index in [1.54, 1.807) is 0 Å². The van der Waals surface area contributed by atoms with Crippen molar-refractivity contribution in [3.05, 3.63) is 36.2 Å². The quantitative estimate of drug-likeness (QED) is 0.605. The molecular formula is C10H12N6O2S2. The summed E-state index contributed by atoms with van der Waals surface area (Å²) in [7, 11) is -3.61. The number of nitrogens with one attached hydrogen (secondary N) is 2. The van der Waals surface area contributed by atoms with Crippen molar-refractivity contribution < 1.29 is 8.42 Å². The summed E-state index contributed by atoms with van der Waals surface area (Å²) < 4.78 is 26.4. The zero-order valence-corrected chi connectivity index (χ0v) is 11.9. The number of rotatable bonds is 6. The molecule has 0 amide bonds. The molecule has 0 aliphatic rings. The standard InChI is InChI=1S/C10H12N6O2S2/c11-10(19)8-2-1-7(5-12-8)20(17,18)15-4-3-9-13-6-14-16-9/h1-2,5-6,15H,3-4H2,(H2,11,19)(H,13,14,16). The average Bonchev–Trinajstić information content (AvgIpc) is 2.92. The van der Waals surface area contributed by atoms with Crippen molar-refractivity contribution >= 4 is 27.2 Å². The molecule has 2 rings (SSSR count). The second kappa shape index (κ2) is 6.03. The molecule has 0 spiro atoms. The molecule has 0 fully saturated rings. The van der Waals surface area contributed by atoms with Crippen LogP contribution in [-0.2, 0) is 16.4 Å². The van der Waals surface area contributed by atoms with E-state index in [0.717, 1.165) is 0 Å². The Labute approximate surface area is 120 Å². The normalized spacial score (nSPS) is 11.4. The molecule has 0 atom stereocenters. The van der Waals surface area contributed by atoms with Gasteiger partial charge in [-0.1, -0.05) is 12.2 Å². The van der Waals surface area contributed by atoms with Crippen molar-refractivity contribution in [3.8, 4) is 0 Å². The summed E-state index contributed by atoms with van der Waals surface area (Å²) in [6.45, 7) is 0.203. The lowest BCUT2D eigenvalue weighted by Crippen LogP contribution is -2.26. The Hall–Kier alpha value is -1.91. The maximum Gasteiger partial charge on any atom is 0.242 e. The summed E-state index contributed by atoms with van der Waals surface area (Å²) in [4.78, 5) is 7.95. The topological polar surface area (TPSA) is 127 Å². The predicted molar refractivity (Wildman–Crippen MR) is 75.4 cm³/mol. The maximum absolute atomic E-state index is 12.0. The largest absolute Gasteiger partial charge is 0.388 e. The fraction of sp³-hybridized carbons (Fsp3) is 0.200. The van der Waals surface area contributed by atoms with E-state index in [1.807, 2.05) is 0 Å². The zero-order chi connectivity index (χ0) is 14.6. The zero-order valence-electron chi connectivity index (χ0n) is 10.3. The molecule has 0 unspecified atom stereocenters. The first-order valence-corrected chi connectivity index (χ1v) is 7.48. The van der Waals surface area contributed by atoms with Gasteiger partial charge in [0.25, 0.3) is 0 Å². The molecule has 0 aromatic carbocycles. The number of hydrogen-bond acceptors (Lipinski definition) is 6. The molecule has 2 aromatic rings. The van der Waals surface area contributed by atoms with E-state index in [0.29, 0.717) is 17.9 Å². The van der Waals surface area contributed by atoms with Crippen molar-refractivity contribution in [2.75, 3.05) is 6.54 Å². The van der Waals surface area contributed by atoms with Crippen LogP contribution in [0, 0.1) is 0 Å². The second-order valence-electron chi connectivity index (χ2n) is 3.82. The fourth-order valence-electron chi connectivity index (χ4n) is 1.42. The number of H-pyrrole nitrogens is 1. The molecule has 2 aromatic heterocycles. The highest BCUT2D eigenvalue weighted by Gasteiger charge is 2.14. The Kier molecular flexibility index (Phi) is 4.37. The smallest absolute Gasteiger partial charge is 0.242 e. The van der Waals surface area contributed by atoms with Crippen LogP contribution in [0.2, 0.25) is 0 Å². The molecule has 0 saturated carbocycles.